The van der Waals surface area contributed by atoms with Crippen molar-refractivity contribution in [3.8, 4) is 0 Å². The maximum absolute atomic E-state index is 13.1. The van der Waals surface area contributed by atoms with Gasteiger partial charge in [0.25, 0.3) is 5.91 Å². The van der Waals surface area contributed by atoms with Crippen LogP contribution < -0.4 is 5.43 Å². The third-order valence-corrected chi connectivity index (χ3v) is 5.60. The number of carbonyl (C=O) groups is 2. The van der Waals surface area contributed by atoms with Gasteiger partial charge in [-0.25, -0.2) is 4.79 Å². The second-order valence-corrected chi connectivity index (χ2v) is 7.37. The van der Waals surface area contributed by atoms with Gasteiger partial charge >= 0.3 is 5.97 Å². The highest BCUT2D eigenvalue weighted by Crippen LogP contribution is 2.24. The maximum atomic E-state index is 13.1. The molecule has 148 valence electrons. The second kappa shape index (κ2) is 6.81. The Morgan fingerprint density at radius 2 is 1.90 bits per heavy atom. The van der Waals surface area contributed by atoms with E-state index < -0.39 is 11.4 Å². The SMILES string of the molecule is O=C(O)c1c[nH]c2c(ccc3cc(C(=O)N4CCc5ccccc5C4)cnc32)c1=O. The molecule has 0 unspecified atom stereocenters. The van der Waals surface area contributed by atoms with E-state index in [4.69, 9.17) is 5.11 Å². The highest BCUT2D eigenvalue weighted by atomic mass is 16.4. The van der Waals surface area contributed by atoms with Crippen molar-refractivity contribution >= 4 is 33.7 Å². The fourth-order valence-electron chi connectivity index (χ4n) is 4.02. The van der Waals surface area contributed by atoms with E-state index in [1.807, 2.05) is 23.1 Å². The van der Waals surface area contributed by atoms with Gasteiger partial charge in [-0.2, -0.15) is 0 Å². The number of aromatic nitrogens is 2. The fraction of sp³-hybridized carbons (Fsp3) is 0.130. The predicted molar refractivity (Wildman–Crippen MR) is 112 cm³/mol. The van der Waals surface area contributed by atoms with Gasteiger partial charge in [0.05, 0.1) is 16.6 Å². The highest BCUT2D eigenvalue weighted by Gasteiger charge is 2.22. The summed E-state index contributed by atoms with van der Waals surface area (Å²) in [6.45, 7) is 1.22. The van der Waals surface area contributed by atoms with Crippen molar-refractivity contribution in [1.29, 1.82) is 0 Å². The Morgan fingerprint density at radius 1 is 1.10 bits per heavy atom. The molecule has 0 aliphatic carbocycles. The first-order chi connectivity index (χ1) is 14.5. The second-order valence-electron chi connectivity index (χ2n) is 7.37. The van der Waals surface area contributed by atoms with E-state index in [0.29, 0.717) is 35.1 Å². The largest absolute Gasteiger partial charge is 0.477 e. The molecule has 0 spiro atoms. The summed E-state index contributed by atoms with van der Waals surface area (Å²) in [6, 6.07) is 13.1. The van der Waals surface area contributed by atoms with Crippen LogP contribution >= 0.6 is 0 Å². The van der Waals surface area contributed by atoms with Gasteiger partial charge in [-0.05, 0) is 29.7 Å². The number of carbonyl (C=O) groups excluding carboxylic acids is 1. The monoisotopic (exact) mass is 399 g/mol. The van der Waals surface area contributed by atoms with Crippen molar-refractivity contribution in [3.63, 3.8) is 0 Å². The van der Waals surface area contributed by atoms with Crippen LogP contribution in [0.1, 0.15) is 31.8 Å². The summed E-state index contributed by atoms with van der Waals surface area (Å²) >= 11 is 0. The molecule has 1 aliphatic heterocycles. The molecule has 1 aliphatic rings. The van der Waals surface area contributed by atoms with Crippen LogP contribution in [0.5, 0.6) is 0 Å². The average Bonchev–Trinajstić information content (AvgIpc) is 2.77. The van der Waals surface area contributed by atoms with Crippen LogP contribution in [-0.2, 0) is 13.0 Å². The number of amides is 1. The molecule has 2 aromatic heterocycles. The normalized spacial score (nSPS) is 13.4. The van der Waals surface area contributed by atoms with Crippen molar-refractivity contribution in [2.45, 2.75) is 13.0 Å². The highest BCUT2D eigenvalue weighted by molar-refractivity contribution is 6.06. The lowest BCUT2D eigenvalue weighted by Crippen LogP contribution is -2.36. The van der Waals surface area contributed by atoms with Crippen molar-refractivity contribution in [2.75, 3.05) is 6.54 Å². The number of aromatic amines is 1. The van der Waals surface area contributed by atoms with Crippen LogP contribution in [-0.4, -0.2) is 38.4 Å². The molecule has 0 saturated heterocycles. The molecule has 7 heteroatoms. The number of pyridine rings is 2. The molecular weight excluding hydrogens is 382 g/mol. The van der Waals surface area contributed by atoms with E-state index in [-0.39, 0.29) is 16.9 Å². The predicted octanol–water partition coefficient (Wildman–Crippen LogP) is 2.97. The minimum Gasteiger partial charge on any atom is -0.477 e. The first kappa shape index (κ1) is 18.1. The number of aromatic carboxylic acids is 1. The molecule has 7 nitrogen and oxygen atoms in total. The summed E-state index contributed by atoms with van der Waals surface area (Å²) in [7, 11) is 0. The number of benzene rings is 2. The standard InChI is InChI=1S/C23H17N3O4/c27-21-17-6-5-14-9-16(10-24-19(14)20(17)25-11-18(21)23(29)30)22(28)26-8-7-13-3-1-2-4-15(13)12-26/h1-6,9-11H,7-8,12H2,(H,25,27)(H,29,30). The van der Waals surface area contributed by atoms with E-state index in [1.165, 1.54) is 18.0 Å². The number of nitrogens with one attached hydrogen (secondary N) is 1. The Labute approximate surface area is 170 Å². The molecule has 0 atom stereocenters. The van der Waals surface area contributed by atoms with Gasteiger partial charge in [0.15, 0.2) is 0 Å². The number of nitrogens with zero attached hydrogens (tertiary/aromatic N) is 2. The van der Waals surface area contributed by atoms with E-state index >= 15 is 0 Å². The minimum absolute atomic E-state index is 0.0891. The van der Waals surface area contributed by atoms with Crippen molar-refractivity contribution in [1.82, 2.24) is 14.9 Å². The number of hydrogen-bond donors (Lipinski definition) is 2. The molecule has 5 rings (SSSR count). The van der Waals surface area contributed by atoms with Gasteiger partial charge in [0.2, 0.25) is 5.43 Å². The summed E-state index contributed by atoms with van der Waals surface area (Å²) in [5, 5.41) is 10.1. The molecule has 0 bridgehead atoms. The molecule has 4 aromatic rings. The zero-order chi connectivity index (χ0) is 20.8. The van der Waals surface area contributed by atoms with E-state index in [0.717, 1.165) is 12.0 Å². The van der Waals surface area contributed by atoms with E-state index in [1.54, 1.807) is 18.2 Å². The minimum atomic E-state index is -1.28. The third-order valence-electron chi connectivity index (χ3n) is 5.60. The molecule has 2 N–H and O–H groups in total. The van der Waals surface area contributed by atoms with Gasteiger partial charge in [-0.1, -0.05) is 30.3 Å². The molecule has 0 saturated carbocycles. The molecular formula is C23H17N3O4. The number of hydrogen-bond acceptors (Lipinski definition) is 4. The summed E-state index contributed by atoms with van der Waals surface area (Å²) in [5.74, 6) is -1.37. The summed E-state index contributed by atoms with van der Waals surface area (Å²) in [6.07, 6.45) is 3.51. The fourth-order valence-corrected chi connectivity index (χ4v) is 4.02. The first-order valence-corrected chi connectivity index (χ1v) is 9.56. The van der Waals surface area contributed by atoms with Crippen LogP contribution in [0.4, 0.5) is 0 Å². The lowest BCUT2D eigenvalue weighted by molar-refractivity contribution is 0.0693. The summed E-state index contributed by atoms with van der Waals surface area (Å²) in [5.41, 5.74) is 2.99. The zero-order valence-electron chi connectivity index (χ0n) is 15.9. The molecule has 1 amide bonds. The van der Waals surface area contributed by atoms with Crippen LogP contribution in [0.25, 0.3) is 21.8 Å². The Hall–Kier alpha value is -4.00. The number of fused-ring (bicyclic) bond motifs is 4. The number of H-pyrrole nitrogens is 1. The van der Waals surface area contributed by atoms with Crippen LogP contribution in [0.3, 0.4) is 0 Å². The van der Waals surface area contributed by atoms with Crippen LogP contribution in [0.15, 0.2) is 59.7 Å². The topological polar surface area (TPSA) is 103 Å². The van der Waals surface area contributed by atoms with Gasteiger partial charge in [-0.3, -0.25) is 14.6 Å². The van der Waals surface area contributed by atoms with E-state index in [2.05, 4.69) is 16.0 Å². The average molecular weight is 399 g/mol. The third kappa shape index (κ3) is 2.83. The van der Waals surface area contributed by atoms with Crippen molar-refractivity contribution < 1.29 is 14.7 Å². The molecule has 30 heavy (non-hydrogen) atoms. The number of carboxylic acids is 1. The van der Waals surface area contributed by atoms with Gasteiger partial charge in [0, 0.05) is 36.3 Å². The van der Waals surface area contributed by atoms with Gasteiger partial charge < -0.3 is 15.0 Å². The lowest BCUT2D eigenvalue weighted by Gasteiger charge is -2.28. The summed E-state index contributed by atoms with van der Waals surface area (Å²) in [4.78, 5) is 45.8. The van der Waals surface area contributed by atoms with E-state index in [9.17, 15) is 14.4 Å². The smallest absolute Gasteiger partial charge is 0.341 e. The Kier molecular flexibility index (Phi) is 4.10. The lowest BCUT2D eigenvalue weighted by atomic mass is 9.99. The molecule has 3 heterocycles. The van der Waals surface area contributed by atoms with Gasteiger partial charge in [0.1, 0.15) is 5.56 Å². The van der Waals surface area contributed by atoms with Crippen LogP contribution in [0, 0.1) is 0 Å². The van der Waals surface area contributed by atoms with Crippen LogP contribution in [0.2, 0.25) is 0 Å². The quantitative estimate of drug-likeness (QED) is 0.505. The van der Waals surface area contributed by atoms with Gasteiger partial charge in [-0.15, -0.1) is 0 Å². The molecule has 0 radical (unpaired) electrons. The Balaban J connectivity index is 1.53. The maximum Gasteiger partial charge on any atom is 0.341 e. The summed E-state index contributed by atoms with van der Waals surface area (Å²) < 4.78 is 0. The molecule has 2 aromatic carbocycles. The Bertz CT molecular complexity index is 1410. The zero-order valence-corrected chi connectivity index (χ0v) is 15.9. The Morgan fingerprint density at radius 3 is 2.70 bits per heavy atom. The molecule has 0 fully saturated rings. The van der Waals surface area contributed by atoms with Crippen molar-refractivity contribution in [3.05, 3.63) is 87.3 Å². The van der Waals surface area contributed by atoms with Crippen molar-refractivity contribution in [2.24, 2.45) is 0 Å². The first-order valence-electron chi connectivity index (χ1n) is 9.56. The number of rotatable bonds is 2. The number of carboxylic acid groups (broad SMARTS) is 1.